The Kier molecular flexibility index (Phi) is 4.63. The van der Waals surface area contributed by atoms with Gasteiger partial charge in [0.05, 0.1) is 12.3 Å². The molecule has 0 atom stereocenters. The minimum absolute atomic E-state index is 0.585. The SMILES string of the molecule is CCCOc1ccc(-c2nc(C(C)(C)C(=O)O)cs2)cc1. The van der Waals surface area contributed by atoms with Crippen LogP contribution in [0.15, 0.2) is 29.6 Å². The van der Waals surface area contributed by atoms with Gasteiger partial charge in [-0.25, -0.2) is 4.98 Å². The second-order valence-corrected chi connectivity index (χ2v) is 6.20. The van der Waals surface area contributed by atoms with Gasteiger partial charge in [0, 0.05) is 10.9 Å². The fourth-order valence-corrected chi connectivity index (χ4v) is 2.71. The molecule has 0 aliphatic carbocycles. The Bertz CT molecular complexity index is 617. The van der Waals surface area contributed by atoms with Gasteiger partial charge in [-0.2, -0.15) is 0 Å². The van der Waals surface area contributed by atoms with Crippen LogP contribution in [0.25, 0.3) is 10.6 Å². The summed E-state index contributed by atoms with van der Waals surface area (Å²) in [6, 6.07) is 7.71. The van der Waals surface area contributed by atoms with E-state index in [-0.39, 0.29) is 0 Å². The van der Waals surface area contributed by atoms with Crippen LogP contribution in [-0.4, -0.2) is 22.7 Å². The summed E-state index contributed by atoms with van der Waals surface area (Å²) in [5, 5.41) is 11.9. The number of benzene rings is 1. The van der Waals surface area contributed by atoms with Crippen LogP contribution in [0.3, 0.4) is 0 Å². The maximum atomic E-state index is 11.3. The fraction of sp³-hybridized carbons (Fsp3) is 0.375. The van der Waals surface area contributed by atoms with Crippen molar-refractivity contribution in [3.63, 3.8) is 0 Å². The highest BCUT2D eigenvalue weighted by molar-refractivity contribution is 7.13. The Morgan fingerprint density at radius 3 is 2.57 bits per heavy atom. The zero-order valence-corrected chi connectivity index (χ0v) is 13.2. The first-order valence-electron chi connectivity index (χ1n) is 6.87. The Hall–Kier alpha value is -1.88. The van der Waals surface area contributed by atoms with Gasteiger partial charge in [-0.1, -0.05) is 6.92 Å². The lowest BCUT2D eigenvalue weighted by molar-refractivity contribution is -0.142. The summed E-state index contributed by atoms with van der Waals surface area (Å²) in [5.74, 6) is -0.0362. The number of ether oxygens (including phenoxy) is 1. The summed E-state index contributed by atoms with van der Waals surface area (Å²) in [6.45, 7) is 6.09. The van der Waals surface area contributed by atoms with E-state index < -0.39 is 11.4 Å². The highest BCUT2D eigenvalue weighted by Gasteiger charge is 2.32. The third kappa shape index (κ3) is 3.42. The van der Waals surface area contributed by atoms with Crippen LogP contribution in [0.4, 0.5) is 0 Å². The Morgan fingerprint density at radius 2 is 2.00 bits per heavy atom. The van der Waals surface area contributed by atoms with E-state index in [1.165, 1.54) is 11.3 Å². The molecule has 4 nitrogen and oxygen atoms in total. The van der Waals surface area contributed by atoms with E-state index >= 15 is 0 Å². The predicted octanol–water partition coefficient (Wildman–Crippen LogP) is 3.96. The molecule has 1 N–H and O–H groups in total. The van der Waals surface area contributed by atoms with Crippen molar-refractivity contribution in [2.24, 2.45) is 0 Å². The minimum atomic E-state index is -0.973. The van der Waals surface area contributed by atoms with Gasteiger partial charge in [-0.15, -0.1) is 11.3 Å². The molecule has 1 heterocycles. The van der Waals surface area contributed by atoms with Crippen molar-refractivity contribution in [3.8, 4) is 16.3 Å². The normalized spacial score (nSPS) is 11.4. The average Bonchev–Trinajstić information content (AvgIpc) is 2.96. The summed E-state index contributed by atoms with van der Waals surface area (Å²) in [6.07, 6.45) is 0.974. The Labute approximate surface area is 128 Å². The average molecular weight is 305 g/mol. The van der Waals surface area contributed by atoms with Gasteiger partial charge >= 0.3 is 5.97 Å². The molecular formula is C16H19NO3S. The van der Waals surface area contributed by atoms with E-state index in [2.05, 4.69) is 11.9 Å². The molecule has 0 saturated carbocycles. The molecule has 21 heavy (non-hydrogen) atoms. The van der Waals surface area contributed by atoms with Crippen LogP contribution in [0.1, 0.15) is 32.9 Å². The molecule has 0 bridgehead atoms. The number of hydrogen-bond acceptors (Lipinski definition) is 4. The number of rotatable bonds is 6. The highest BCUT2D eigenvalue weighted by Crippen LogP contribution is 2.31. The maximum Gasteiger partial charge on any atom is 0.315 e. The van der Waals surface area contributed by atoms with E-state index in [4.69, 9.17) is 4.74 Å². The molecule has 1 aromatic carbocycles. The largest absolute Gasteiger partial charge is 0.494 e. The number of carbonyl (C=O) groups is 1. The molecular weight excluding hydrogens is 286 g/mol. The molecule has 0 fully saturated rings. The molecule has 2 rings (SSSR count). The predicted molar refractivity (Wildman–Crippen MR) is 84.0 cm³/mol. The second-order valence-electron chi connectivity index (χ2n) is 5.34. The van der Waals surface area contributed by atoms with E-state index in [0.717, 1.165) is 22.7 Å². The van der Waals surface area contributed by atoms with Gasteiger partial charge in [0.15, 0.2) is 0 Å². The fourth-order valence-electron chi connectivity index (χ4n) is 1.72. The van der Waals surface area contributed by atoms with Crippen molar-refractivity contribution in [3.05, 3.63) is 35.3 Å². The lowest BCUT2D eigenvalue weighted by atomic mass is 9.90. The standard InChI is InChI=1S/C16H19NO3S/c1-4-9-20-12-7-5-11(6-8-12)14-17-13(10-21-14)16(2,3)15(18)19/h5-8,10H,4,9H2,1-3H3,(H,18,19). The van der Waals surface area contributed by atoms with Crippen LogP contribution in [-0.2, 0) is 10.2 Å². The van der Waals surface area contributed by atoms with E-state index in [1.54, 1.807) is 13.8 Å². The van der Waals surface area contributed by atoms with Gasteiger partial charge in [0.1, 0.15) is 16.2 Å². The molecule has 0 amide bonds. The topological polar surface area (TPSA) is 59.4 Å². The molecule has 2 aromatic rings. The molecule has 5 heteroatoms. The first kappa shape index (κ1) is 15.5. The van der Waals surface area contributed by atoms with Crippen LogP contribution < -0.4 is 4.74 Å². The van der Waals surface area contributed by atoms with Crippen molar-refractivity contribution >= 4 is 17.3 Å². The zero-order chi connectivity index (χ0) is 15.5. The van der Waals surface area contributed by atoms with Crippen molar-refractivity contribution in [1.82, 2.24) is 4.98 Å². The molecule has 0 unspecified atom stereocenters. The quantitative estimate of drug-likeness (QED) is 0.877. The number of carboxylic acid groups (broad SMARTS) is 1. The number of nitrogens with zero attached hydrogens (tertiary/aromatic N) is 1. The van der Waals surface area contributed by atoms with Crippen molar-refractivity contribution in [2.75, 3.05) is 6.61 Å². The lowest BCUT2D eigenvalue weighted by Crippen LogP contribution is -2.28. The maximum absolute atomic E-state index is 11.3. The zero-order valence-electron chi connectivity index (χ0n) is 12.4. The van der Waals surface area contributed by atoms with E-state index in [0.29, 0.717) is 12.3 Å². The van der Waals surface area contributed by atoms with Crippen molar-refractivity contribution < 1.29 is 14.6 Å². The van der Waals surface area contributed by atoms with Crippen LogP contribution >= 0.6 is 11.3 Å². The van der Waals surface area contributed by atoms with Crippen LogP contribution in [0.2, 0.25) is 0 Å². The third-order valence-corrected chi connectivity index (χ3v) is 4.14. The summed E-state index contributed by atoms with van der Waals surface area (Å²) < 4.78 is 5.54. The molecule has 0 saturated heterocycles. The van der Waals surface area contributed by atoms with Gasteiger partial charge in [-0.3, -0.25) is 4.79 Å². The molecule has 0 aliphatic rings. The summed E-state index contributed by atoms with van der Waals surface area (Å²) in [5.41, 5.74) is 0.580. The summed E-state index contributed by atoms with van der Waals surface area (Å²) >= 11 is 1.46. The first-order valence-corrected chi connectivity index (χ1v) is 7.75. The number of hydrogen-bond donors (Lipinski definition) is 1. The lowest BCUT2D eigenvalue weighted by Gasteiger charge is -2.15. The number of thiazole rings is 1. The van der Waals surface area contributed by atoms with Crippen LogP contribution in [0, 0.1) is 0 Å². The van der Waals surface area contributed by atoms with E-state index in [9.17, 15) is 9.90 Å². The smallest absolute Gasteiger partial charge is 0.315 e. The van der Waals surface area contributed by atoms with Gasteiger partial charge in [0.2, 0.25) is 0 Å². The molecule has 0 aliphatic heterocycles. The van der Waals surface area contributed by atoms with Crippen LogP contribution in [0.5, 0.6) is 5.75 Å². The molecule has 0 radical (unpaired) electrons. The number of carboxylic acids is 1. The molecule has 0 spiro atoms. The number of aliphatic carboxylic acids is 1. The van der Waals surface area contributed by atoms with Crippen molar-refractivity contribution in [2.45, 2.75) is 32.6 Å². The molecule has 1 aromatic heterocycles. The second kappa shape index (κ2) is 6.26. The van der Waals surface area contributed by atoms with Crippen molar-refractivity contribution in [1.29, 1.82) is 0 Å². The Morgan fingerprint density at radius 1 is 1.33 bits per heavy atom. The minimum Gasteiger partial charge on any atom is -0.494 e. The number of aromatic nitrogens is 1. The third-order valence-electron chi connectivity index (χ3n) is 3.25. The molecule has 112 valence electrons. The summed E-state index contributed by atoms with van der Waals surface area (Å²) in [7, 11) is 0. The highest BCUT2D eigenvalue weighted by atomic mass is 32.1. The van der Waals surface area contributed by atoms with Gasteiger partial charge in [0.25, 0.3) is 0 Å². The van der Waals surface area contributed by atoms with E-state index in [1.807, 2.05) is 29.6 Å². The van der Waals surface area contributed by atoms with Gasteiger partial charge < -0.3 is 9.84 Å². The summed E-state index contributed by atoms with van der Waals surface area (Å²) in [4.78, 5) is 15.7. The monoisotopic (exact) mass is 305 g/mol. The van der Waals surface area contributed by atoms with Gasteiger partial charge in [-0.05, 0) is 44.5 Å². The Balaban J connectivity index is 2.20. The first-order chi connectivity index (χ1) is 9.95.